The second kappa shape index (κ2) is 10.8. The van der Waals surface area contributed by atoms with E-state index in [2.05, 4.69) is 39.9 Å². The summed E-state index contributed by atoms with van der Waals surface area (Å²) in [6.07, 6.45) is 5.78. The van der Waals surface area contributed by atoms with Gasteiger partial charge in [-0.3, -0.25) is 14.5 Å². The van der Waals surface area contributed by atoms with Crippen molar-refractivity contribution in [3.05, 3.63) is 66.0 Å². The number of piperidine rings is 1. The molecule has 1 N–H and O–H groups in total. The van der Waals surface area contributed by atoms with Crippen LogP contribution in [0.4, 0.5) is 19.1 Å². The van der Waals surface area contributed by atoms with Crippen molar-refractivity contribution in [2.45, 2.75) is 50.9 Å². The van der Waals surface area contributed by atoms with Crippen molar-refractivity contribution in [3.63, 3.8) is 0 Å². The van der Waals surface area contributed by atoms with Crippen molar-refractivity contribution in [2.24, 2.45) is 0 Å². The Morgan fingerprint density at radius 3 is 2.21 bits per heavy atom. The zero-order valence-electron chi connectivity index (χ0n) is 21.0. The highest BCUT2D eigenvalue weighted by atomic mass is 19.4. The van der Waals surface area contributed by atoms with E-state index in [9.17, 15) is 18.0 Å². The minimum Gasteiger partial charge on any atom is -0.475 e. The van der Waals surface area contributed by atoms with Crippen LogP contribution in [0.15, 0.2) is 49.2 Å². The van der Waals surface area contributed by atoms with Gasteiger partial charge < -0.3 is 14.9 Å². The number of halogens is 3. The molecule has 1 amide bonds. The predicted molar refractivity (Wildman–Crippen MR) is 130 cm³/mol. The first kappa shape index (κ1) is 27.0. The molecule has 0 atom stereocenters. The third-order valence-electron chi connectivity index (χ3n) is 6.71. The number of rotatable bonds is 3. The van der Waals surface area contributed by atoms with Crippen molar-refractivity contribution < 1.29 is 27.9 Å². The average molecular weight is 532 g/mol. The summed E-state index contributed by atoms with van der Waals surface area (Å²) in [4.78, 5) is 39.3. The fourth-order valence-electron chi connectivity index (χ4n) is 4.76. The van der Waals surface area contributed by atoms with Crippen LogP contribution >= 0.6 is 0 Å². The van der Waals surface area contributed by atoms with Crippen LogP contribution in [-0.4, -0.2) is 72.4 Å². The molecule has 0 aromatic carbocycles. The van der Waals surface area contributed by atoms with Crippen LogP contribution in [0.25, 0.3) is 0 Å². The maximum absolute atomic E-state index is 13.3. The standard InChI is InChI=1S/C23H27N7O.C2HF3O2/c1-17(2)30-15-19-14-29(21(31)18-4-10-24-11-5-18)16-23(20(19)27-30)6-12-28(13-7-23)22-25-8-3-9-26-22;3-2(4,5)1(6)7/h3-5,8-11,15,17H,6-7,12-14,16H2,1-2H3;(H,6,7). The second-order valence-electron chi connectivity index (χ2n) is 9.59. The zero-order chi connectivity index (χ0) is 27.5. The van der Waals surface area contributed by atoms with Crippen molar-refractivity contribution in [1.29, 1.82) is 0 Å². The number of aliphatic carboxylic acids is 1. The predicted octanol–water partition coefficient (Wildman–Crippen LogP) is 3.48. The van der Waals surface area contributed by atoms with Gasteiger partial charge in [0, 0.05) is 79.7 Å². The number of pyridine rings is 1. The monoisotopic (exact) mass is 531 g/mol. The van der Waals surface area contributed by atoms with Crippen molar-refractivity contribution >= 4 is 17.8 Å². The molecule has 0 saturated carbocycles. The smallest absolute Gasteiger partial charge is 0.475 e. The minimum absolute atomic E-state index is 0.0542. The summed E-state index contributed by atoms with van der Waals surface area (Å²) in [7, 11) is 0. The topological polar surface area (TPSA) is 117 Å². The lowest BCUT2D eigenvalue weighted by Gasteiger charge is -2.46. The molecule has 0 aliphatic carbocycles. The molecule has 1 spiro atoms. The van der Waals surface area contributed by atoms with Crippen LogP contribution in [0, 0.1) is 0 Å². The van der Waals surface area contributed by atoms with Gasteiger partial charge in [0.15, 0.2) is 0 Å². The number of carbonyl (C=O) groups is 2. The highest BCUT2D eigenvalue weighted by Crippen LogP contribution is 2.42. The lowest BCUT2D eigenvalue weighted by molar-refractivity contribution is -0.192. The van der Waals surface area contributed by atoms with E-state index in [0.29, 0.717) is 18.7 Å². The Morgan fingerprint density at radius 2 is 1.66 bits per heavy atom. The van der Waals surface area contributed by atoms with E-state index in [1.54, 1.807) is 36.9 Å². The molecule has 38 heavy (non-hydrogen) atoms. The summed E-state index contributed by atoms with van der Waals surface area (Å²) in [6.45, 7) is 7.24. The average Bonchev–Trinajstić information content (AvgIpc) is 3.35. The fourth-order valence-corrected chi connectivity index (χ4v) is 4.76. The van der Waals surface area contributed by atoms with E-state index < -0.39 is 12.1 Å². The molecule has 2 aliphatic rings. The largest absolute Gasteiger partial charge is 0.490 e. The number of fused-ring (bicyclic) bond motifs is 2. The van der Waals surface area contributed by atoms with Crippen molar-refractivity contribution in [2.75, 3.05) is 24.5 Å². The molecule has 3 aromatic heterocycles. The number of hydrogen-bond donors (Lipinski definition) is 1. The van der Waals surface area contributed by atoms with E-state index in [1.165, 1.54) is 0 Å². The first-order valence-electron chi connectivity index (χ1n) is 12.1. The first-order chi connectivity index (χ1) is 18.0. The van der Waals surface area contributed by atoms with Gasteiger partial charge in [0.25, 0.3) is 5.91 Å². The Kier molecular flexibility index (Phi) is 7.65. The number of nitrogens with zero attached hydrogens (tertiary/aromatic N) is 7. The Labute approximate surface area is 217 Å². The molecule has 0 radical (unpaired) electrons. The lowest BCUT2D eigenvalue weighted by Crippen LogP contribution is -2.53. The van der Waals surface area contributed by atoms with Crippen LogP contribution < -0.4 is 4.90 Å². The minimum atomic E-state index is -5.08. The van der Waals surface area contributed by atoms with Gasteiger partial charge in [-0.25, -0.2) is 14.8 Å². The van der Waals surface area contributed by atoms with Crippen LogP contribution in [0.2, 0.25) is 0 Å². The Morgan fingerprint density at radius 1 is 1.05 bits per heavy atom. The molecule has 0 bridgehead atoms. The number of carboxylic acid groups (broad SMARTS) is 1. The molecule has 13 heteroatoms. The van der Waals surface area contributed by atoms with E-state index in [-0.39, 0.29) is 17.4 Å². The van der Waals surface area contributed by atoms with E-state index >= 15 is 0 Å². The maximum Gasteiger partial charge on any atom is 0.490 e. The van der Waals surface area contributed by atoms with Crippen LogP contribution in [0.3, 0.4) is 0 Å². The molecule has 5 heterocycles. The summed E-state index contributed by atoms with van der Waals surface area (Å²) in [6, 6.07) is 5.70. The van der Waals surface area contributed by atoms with Gasteiger partial charge in [-0.15, -0.1) is 0 Å². The fraction of sp³-hybridized carbons (Fsp3) is 0.440. The summed E-state index contributed by atoms with van der Waals surface area (Å²) in [5.41, 5.74) is 2.85. The number of carboxylic acids is 1. The molecule has 202 valence electrons. The van der Waals surface area contributed by atoms with Gasteiger partial charge >= 0.3 is 12.1 Å². The Hall–Kier alpha value is -4.03. The number of amides is 1. The molecule has 3 aromatic rings. The van der Waals surface area contributed by atoms with Crippen LogP contribution in [-0.2, 0) is 16.8 Å². The molecular weight excluding hydrogens is 503 g/mol. The highest BCUT2D eigenvalue weighted by Gasteiger charge is 2.46. The lowest BCUT2D eigenvalue weighted by atomic mass is 9.72. The molecule has 1 saturated heterocycles. The Bertz CT molecular complexity index is 1260. The van der Waals surface area contributed by atoms with Crippen LogP contribution in [0.1, 0.15) is 54.3 Å². The van der Waals surface area contributed by atoms with Crippen LogP contribution in [0.5, 0.6) is 0 Å². The van der Waals surface area contributed by atoms with Gasteiger partial charge in [0.1, 0.15) is 0 Å². The van der Waals surface area contributed by atoms with Crippen molar-refractivity contribution in [1.82, 2.24) is 29.6 Å². The van der Waals surface area contributed by atoms with E-state index in [0.717, 1.165) is 43.1 Å². The molecule has 0 unspecified atom stereocenters. The third kappa shape index (κ3) is 5.76. The number of hydrogen-bond acceptors (Lipinski definition) is 7. The number of carbonyl (C=O) groups excluding carboxylic acids is 1. The summed E-state index contributed by atoms with van der Waals surface area (Å²) >= 11 is 0. The van der Waals surface area contributed by atoms with Gasteiger partial charge in [-0.1, -0.05) is 0 Å². The van der Waals surface area contributed by atoms with Gasteiger partial charge in [-0.2, -0.15) is 18.3 Å². The van der Waals surface area contributed by atoms with Gasteiger partial charge in [-0.05, 0) is 44.9 Å². The SMILES string of the molecule is CC(C)n1cc2c(n1)C1(CCN(c3ncccn3)CC1)CN(C(=O)c1ccncc1)C2.O=C(O)C(F)(F)F. The zero-order valence-corrected chi connectivity index (χ0v) is 21.0. The van der Waals surface area contributed by atoms with E-state index in [1.807, 2.05) is 15.6 Å². The third-order valence-corrected chi connectivity index (χ3v) is 6.71. The van der Waals surface area contributed by atoms with Gasteiger partial charge in [0.2, 0.25) is 5.95 Å². The molecule has 10 nitrogen and oxygen atoms in total. The maximum atomic E-state index is 13.3. The number of anilines is 1. The highest BCUT2D eigenvalue weighted by molar-refractivity contribution is 5.94. The van der Waals surface area contributed by atoms with Crippen molar-refractivity contribution in [3.8, 4) is 0 Å². The quantitative estimate of drug-likeness (QED) is 0.546. The summed E-state index contributed by atoms with van der Waals surface area (Å²) in [5.74, 6) is -1.93. The molecule has 5 rings (SSSR count). The van der Waals surface area contributed by atoms with E-state index in [4.69, 9.17) is 15.0 Å². The molecular formula is C25H28F3N7O3. The normalized spacial score (nSPS) is 16.6. The number of alkyl halides is 3. The molecule has 2 aliphatic heterocycles. The Balaban J connectivity index is 0.000000426. The summed E-state index contributed by atoms with van der Waals surface area (Å²) in [5, 5.41) is 12.1. The second-order valence-corrected chi connectivity index (χ2v) is 9.59. The molecule has 1 fully saturated rings. The van der Waals surface area contributed by atoms with Gasteiger partial charge in [0.05, 0.1) is 5.69 Å². The first-order valence-corrected chi connectivity index (χ1v) is 12.1. The summed E-state index contributed by atoms with van der Waals surface area (Å²) < 4.78 is 33.8. The number of aromatic nitrogens is 5.